The van der Waals surface area contributed by atoms with Gasteiger partial charge in [0.15, 0.2) is 5.69 Å². The number of nitrogens with zero attached hydrogens (tertiary/aromatic N) is 2. The number of methoxy groups -OCH3 is 1. The van der Waals surface area contributed by atoms with E-state index >= 15 is 0 Å². The van der Waals surface area contributed by atoms with Crippen LogP contribution in [0.4, 0.5) is 5.69 Å². The van der Waals surface area contributed by atoms with Crippen LogP contribution in [0.5, 0.6) is 5.75 Å². The summed E-state index contributed by atoms with van der Waals surface area (Å²) in [5, 5.41) is 5.58. The Bertz CT molecular complexity index is 949. The molecule has 0 aliphatic rings. The van der Waals surface area contributed by atoms with Crippen molar-refractivity contribution in [2.45, 2.75) is 13.3 Å². The molecule has 0 bridgehead atoms. The first-order valence-corrected chi connectivity index (χ1v) is 8.34. The van der Waals surface area contributed by atoms with E-state index in [0.717, 1.165) is 6.42 Å². The fourth-order valence-electron chi connectivity index (χ4n) is 2.58. The van der Waals surface area contributed by atoms with Crippen molar-refractivity contribution in [3.05, 3.63) is 60.2 Å². The highest BCUT2D eigenvalue weighted by atomic mass is 16.5. The Morgan fingerprint density at radius 2 is 2.00 bits per heavy atom. The zero-order chi connectivity index (χ0) is 18.5. The second-order valence-corrected chi connectivity index (χ2v) is 5.68. The summed E-state index contributed by atoms with van der Waals surface area (Å²) in [6.45, 7) is 2.52. The maximum atomic E-state index is 12.7. The topological polar surface area (TPSA) is 84.7 Å². The average molecular weight is 352 g/mol. The second-order valence-electron chi connectivity index (χ2n) is 5.68. The van der Waals surface area contributed by atoms with E-state index in [1.165, 1.54) is 0 Å². The maximum Gasteiger partial charge on any atom is 0.292 e. The maximum absolute atomic E-state index is 12.7. The monoisotopic (exact) mass is 352 g/mol. The molecule has 3 rings (SSSR count). The predicted molar refractivity (Wildman–Crippen MR) is 98.8 cm³/mol. The van der Waals surface area contributed by atoms with Crippen LogP contribution >= 0.6 is 0 Å². The fraction of sp³-hybridized carbons (Fsp3) is 0.211. The standard InChI is InChI=1S/C19H20N4O3/c1-3-10-20-18(24)16-15-9-4-5-11-23(15)17(22-16)19(25)21-13-7-6-8-14(12-13)26-2/h4-9,11-12H,3,10H2,1-2H3,(H,20,24)(H,21,25). The van der Waals surface area contributed by atoms with Crippen LogP contribution in [0.15, 0.2) is 48.7 Å². The highest BCUT2D eigenvalue weighted by Gasteiger charge is 2.21. The van der Waals surface area contributed by atoms with E-state index in [1.807, 2.05) is 6.92 Å². The summed E-state index contributed by atoms with van der Waals surface area (Å²) in [6.07, 6.45) is 2.53. The van der Waals surface area contributed by atoms with Crippen molar-refractivity contribution in [1.82, 2.24) is 14.7 Å². The number of carbonyl (C=O) groups is 2. The van der Waals surface area contributed by atoms with E-state index in [-0.39, 0.29) is 17.4 Å². The van der Waals surface area contributed by atoms with Crippen LogP contribution in [0, 0.1) is 0 Å². The van der Waals surface area contributed by atoms with E-state index < -0.39 is 5.91 Å². The lowest BCUT2D eigenvalue weighted by molar-refractivity contribution is 0.0951. The number of pyridine rings is 1. The molecular weight excluding hydrogens is 332 g/mol. The summed E-state index contributed by atoms with van der Waals surface area (Å²) in [7, 11) is 1.56. The number of fused-ring (bicyclic) bond motifs is 1. The Hall–Kier alpha value is -3.35. The summed E-state index contributed by atoms with van der Waals surface area (Å²) >= 11 is 0. The smallest absolute Gasteiger partial charge is 0.292 e. The van der Waals surface area contributed by atoms with Gasteiger partial charge in [0.1, 0.15) is 5.75 Å². The molecule has 0 atom stereocenters. The highest BCUT2D eigenvalue weighted by Crippen LogP contribution is 2.19. The zero-order valence-electron chi connectivity index (χ0n) is 14.7. The largest absolute Gasteiger partial charge is 0.497 e. The third-order valence-electron chi connectivity index (χ3n) is 3.83. The van der Waals surface area contributed by atoms with Crippen molar-refractivity contribution in [2.75, 3.05) is 19.0 Å². The van der Waals surface area contributed by atoms with Gasteiger partial charge in [0, 0.05) is 24.5 Å². The Labute approximate surface area is 151 Å². The minimum atomic E-state index is -0.408. The molecule has 0 unspecified atom stereocenters. The molecule has 3 aromatic rings. The fourth-order valence-corrected chi connectivity index (χ4v) is 2.58. The SMILES string of the molecule is CCCNC(=O)c1nc(C(=O)Nc2cccc(OC)c2)n2ccccc12. The van der Waals surface area contributed by atoms with Crippen LogP contribution < -0.4 is 15.4 Å². The first-order chi connectivity index (χ1) is 12.6. The van der Waals surface area contributed by atoms with E-state index in [9.17, 15) is 9.59 Å². The molecule has 0 fully saturated rings. The van der Waals surface area contributed by atoms with Gasteiger partial charge in [-0.15, -0.1) is 0 Å². The quantitative estimate of drug-likeness (QED) is 0.714. The van der Waals surface area contributed by atoms with Crippen LogP contribution in [-0.4, -0.2) is 34.9 Å². The van der Waals surface area contributed by atoms with Crippen molar-refractivity contribution in [1.29, 1.82) is 0 Å². The van der Waals surface area contributed by atoms with E-state index in [1.54, 1.807) is 60.2 Å². The molecule has 2 heterocycles. The number of carbonyl (C=O) groups excluding carboxylic acids is 2. The molecule has 2 N–H and O–H groups in total. The van der Waals surface area contributed by atoms with Gasteiger partial charge in [0.25, 0.3) is 11.8 Å². The molecule has 2 amide bonds. The van der Waals surface area contributed by atoms with Gasteiger partial charge in [-0.3, -0.25) is 14.0 Å². The van der Waals surface area contributed by atoms with Crippen LogP contribution in [0.25, 0.3) is 5.52 Å². The van der Waals surface area contributed by atoms with Crippen molar-refractivity contribution < 1.29 is 14.3 Å². The first kappa shape index (κ1) is 17.5. The Morgan fingerprint density at radius 3 is 2.77 bits per heavy atom. The van der Waals surface area contributed by atoms with Crippen molar-refractivity contribution in [3.8, 4) is 5.75 Å². The predicted octanol–water partition coefficient (Wildman–Crippen LogP) is 2.74. The summed E-state index contributed by atoms with van der Waals surface area (Å²) in [5.41, 5.74) is 1.39. The van der Waals surface area contributed by atoms with Crippen molar-refractivity contribution in [3.63, 3.8) is 0 Å². The molecular formula is C19H20N4O3. The van der Waals surface area contributed by atoms with Gasteiger partial charge in [-0.2, -0.15) is 0 Å². The van der Waals surface area contributed by atoms with Crippen molar-refractivity contribution >= 4 is 23.0 Å². The molecule has 0 aliphatic carbocycles. The Kier molecular flexibility index (Phi) is 5.17. The molecule has 1 aromatic carbocycles. The number of ether oxygens (including phenoxy) is 1. The third-order valence-corrected chi connectivity index (χ3v) is 3.83. The van der Waals surface area contributed by atoms with Gasteiger partial charge in [0.2, 0.25) is 5.82 Å². The van der Waals surface area contributed by atoms with Gasteiger partial charge < -0.3 is 15.4 Å². The van der Waals surface area contributed by atoms with Crippen molar-refractivity contribution in [2.24, 2.45) is 0 Å². The molecule has 7 nitrogen and oxygen atoms in total. The summed E-state index contributed by atoms with van der Waals surface area (Å²) in [6, 6.07) is 12.4. The van der Waals surface area contributed by atoms with Gasteiger partial charge in [0.05, 0.1) is 12.6 Å². The average Bonchev–Trinajstić information content (AvgIpc) is 3.06. The zero-order valence-corrected chi connectivity index (χ0v) is 14.7. The minimum Gasteiger partial charge on any atom is -0.497 e. The van der Waals surface area contributed by atoms with E-state index in [4.69, 9.17) is 4.74 Å². The second kappa shape index (κ2) is 7.69. The lowest BCUT2D eigenvalue weighted by atomic mass is 10.3. The molecule has 2 aromatic heterocycles. The number of imidazole rings is 1. The molecule has 0 saturated carbocycles. The number of aromatic nitrogens is 2. The molecule has 7 heteroatoms. The van der Waals surface area contributed by atoms with Gasteiger partial charge >= 0.3 is 0 Å². The molecule has 0 radical (unpaired) electrons. The molecule has 134 valence electrons. The van der Waals surface area contributed by atoms with Crippen LogP contribution in [0.1, 0.15) is 34.5 Å². The number of amides is 2. The molecule has 26 heavy (non-hydrogen) atoms. The van der Waals surface area contributed by atoms with Gasteiger partial charge in [-0.05, 0) is 30.7 Å². The first-order valence-electron chi connectivity index (χ1n) is 8.34. The molecule has 0 saturated heterocycles. The molecule has 0 spiro atoms. The summed E-state index contributed by atoms with van der Waals surface area (Å²) < 4.78 is 6.77. The van der Waals surface area contributed by atoms with Crippen LogP contribution in [-0.2, 0) is 0 Å². The van der Waals surface area contributed by atoms with Crippen LogP contribution in [0.2, 0.25) is 0 Å². The lowest BCUT2D eigenvalue weighted by Gasteiger charge is -2.06. The number of hydrogen-bond donors (Lipinski definition) is 2. The Morgan fingerprint density at radius 1 is 1.15 bits per heavy atom. The number of rotatable bonds is 6. The number of hydrogen-bond acceptors (Lipinski definition) is 4. The van der Waals surface area contributed by atoms with Crippen LogP contribution in [0.3, 0.4) is 0 Å². The normalized spacial score (nSPS) is 10.5. The third kappa shape index (κ3) is 3.51. The van der Waals surface area contributed by atoms with Gasteiger partial charge in [-0.1, -0.05) is 19.1 Å². The molecule has 0 aliphatic heterocycles. The lowest BCUT2D eigenvalue weighted by Crippen LogP contribution is -2.24. The minimum absolute atomic E-state index is 0.144. The highest BCUT2D eigenvalue weighted by molar-refractivity contribution is 6.06. The number of benzene rings is 1. The summed E-state index contributed by atoms with van der Waals surface area (Å²) in [4.78, 5) is 29.4. The number of nitrogens with one attached hydrogen (secondary N) is 2. The van der Waals surface area contributed by atoms with E-state index in [2.05, 4.69) is 15.6 Å². The number of anilines is 1. The Balaban J connectivity index is 1.94. The van der Waals surface area contributed by atoms with E-state index in [0.29, 0.717) is 23.5 Å². The van der Waals surface area contributed by atoms with Gasteiger partial charge in [-0.25, -0.2) is 4.98 Å². The summed E-state index contributed by atoms with van der Waals surface area (Å²) in [5.74, 6) is 0.0745.